The first kappa shape index (κ1) is 10.4. The second kappa shape index (κ2) is 3.77. The topological polar surface area (TPSA) is 67.8 Å². The van der Waals surface area contributed by atoms with Crippen molar-refractivity contribution in [3.8, 4) is 5.69 Å². The summed E-state index contributed by atoms with van der Waals surface area (Å²) in [5.41, 5.74) is 1.70. The summed E-state index contributed by atoms with van der Waals surface area (Å²) in [5, 5.41) is 3.79. The minimum absolute atomic E-state index is 0.495. The van der Waals surface area contributed by atoms with Gasteiger partial charge in [-0.2, -0.15) is 9.78 Å². The molecule has 0 saturated carbocycles. The Morgan fingerprint density at radius 2 is 1.75 bits per heavy atom. The lowest BCUT2D eigenvalue weighted by Crippen LogP contribution is -2.30. The smallest absolute Gasteiger partial charge is 0.271 e. The van der Waals surface area contributed by atoms with E-state index in [-0.39, 0.29) is 0 Å². The van der Waals surface area contributed by atoms with Gasteiger partial charge in [-0.25, -0.2) is 4.79 Å². The molecule has 1 aromatic carbocycles. The predicted octanol–water partition coefficient (Wildman–Crippen LogP) is 0.538. The zero-order valence-corrected chi connectivity index (χ0v) is 9.02. The molecule has 2 aromatic rings. The van der Waals surface area contributed by atoms with Gasteiger partial charge in [0.05, 0.1) is 5.69 Å². The van der Waals surface area contributed by atoms with Gasteiger partial charge in [-0.05, 0) is 37.1 Å². The fraction of sp³-hybridized carbons (Fsp3) is 0.182. The molecule has 1 N–H and O–H groups in total. The quantitative estimate of drug-likeness (QED) is 0.758. The van der Waals surface area contributed by atoms with E-state index in [0.29, 0.717) is 5.69 Å². The monoisotopic (exact) mass is 217 g/mol. The number of H-pyrrole nitrogens is 1. The van der Waals surface area contributed by atoms with Crippen molar-refractivity contribution >= 4 is 0 Å². The van der Waals surface area contributed by atoms with E-state index in [1.54, 1.807) is 0 Å². The number of nitrogens with one attached hydrogen (secondary N) is 1. The number of benzene rings is 1. The highest BCUT2D eigenvalue weighted by Crippen LogP contribution is 2.10. The second-order valence-corrected chi connectivity index (χ2v) is 3.70. The van der Waals surface area contributed by atoms with Crippen LogP contribution in [-0.2, 0) is 0 Å². The Kier molecular flexibility index (Phi) is 2.44. The van der Waals surface area contributed by atoms with Gasteiger partial charge in [0.2, 0.25) is 0 Å². The van der Waals surface area contributed by atoms with Crippen LogP contribution >= 0.6 is 0 Å². The van der Waals surface area contributed by atoms with Crippen LogP contribution in [0.5, 0.6) is 0 Å². The third-order valence-corrected chi connectivity index (χ3v) is 2.16. The molecule has 0 aliphatic carbocycles. The average Bonchev–Trinajstić information content (AvgIpc) is 2.15. The highest BCUT2D eigenvalue weighted by atomic mass is 16.2. The van der Waals surface area contributed by atoms with Gasteiger partial charge in [-0.3, -0.25) is 9.78 Å². The molecular formula is C11H11N3O2. The maximum Gasteiger partial charge on any atom is 0.349 e. The minimum Gasteiger partial charge on any atom is -0.271 e. The van der Waals surface area contributed by atoms with Crippen LogP contribution in [0, 0.1) is 13.8 Å². The molecule has 16 heavy (non-hydrogen) atoms. The number of hydrogen-bond donors (Lipinski definition) is 1. The van der Waals surface area contributed by atoms with Gasteiger partial charge in [0.1, 0.15) is 6.20 Å². The van der Waals surface area contributed by atoms with E-state index in [1.807, 2.05) is 32.0 Å². The molecule has 0 saturated heterocycles. The zero-order valence-electron chi connectivity index (χ0n) is 9.02. The second-order valence-electron chi connectivity index (χ2n) is 3.70. The molecular weight excluding hydrogens is 206 g/mol. The number of aryl methyl sites for hydroxylation is 2. The Hall–Kier alpha value is -2.17. The zero-order chi connectivity index (χ0) is 11.7. The fourth-order valence-electron chi connectivity index (χ4n) is 1.61. The number of hydrogen-bond acceptors (Lipinski definition) is 3. The average molecular weight is 217 g/mol. The van der Waals surface area contributed by atoms with Crippen molar-refractivity contribution in [2.24, 2.45) is 0 Å². The SMILES string of the molecule is Cc1cc(C)cc(-n2ncc(=O)[nH]c2=O)c1. The Bertz CT molecular complexity index is 620. The molecule has 0 amide bonds. The highest BCUT2D eigenvalue weighted by molar-refractivity contribution is 5.38. The van der Waals surface area contributed by atoms with Crippen LogP contribution in [0.4, 0.5) is 0 Å². The molecule has 0 aliphatic rings. The minimum atomic E-state index is -0.530. The first-order chi connectivity index (χ1) is 7.56. The van der Waals surface area contributed by atoms with E-state index in [9.17, 15) is 9.59 Å². The maximum atomic E-state index is 11.5. The lowest BCUT2D eigenvalue weighted by Gasteiger charge is -2.05. The Morgan fingerprint density at radius 1 is 1.12 bits per heavy atom. The van der Waals surface area contributed by atoms with Crippen molar-refractivity contribution < 1.29 is 0 Å². The summed E-state index contributed by atoms with van der Waals surface area (Å²) in [6.07, 6.45) is 1.08. The molecule has 0 radical (unpaired) electrons. The van der Waals surface area contributed by atoms with E-state index < -0.39 is 11.2 Å². The molecule has 0 unspecified atom stereocenters. The van der Waals surface area contributed by atoms with Crippen LogP contribution in [0.25, 0.3) is 5.69 Å². The van der Waals surface area contributed by atoms with Crippen LogP contribution < -0.4 is 11.2 Å². The Labute approximate surface area is 91.4 Å². The Morgan fingerprint density at radius 3 is 2.31 bits per heavy atom. The lowest BCUT2D eigenvalue weighted by molar-refractivity contribution is 0.748. The lowest BCUT2D eigenvalue weighted by atomic mass is 10.1. The summed E-state index contributed by atoms with van der Waals surface area (Å²) >= 11 is 0. The molecule has 2 rings (SSSR count). The molecule has 1 heterocycles. The van der Waals surface area contributed by atoms with Crippen molar-refractivity contribution in [1.82, 2.24) is 14.8 Å². The van der Waals surface area contributed by atoms with Gasteiger partial charge < -0.3 is 0 Å². The van der Waals surface area contributed by atoms with Crippen molar-refractivity contribution in [3.05, 3.63) is 56.4 Å². The summed E-state index contributed by atoms with van der Waals surface area (Å²) in [7, 11) is 0. The molecule has 0 aliphatic heterocycles. The largest absolute Gasteiger partial charge is 0.349 e. The van der Waals surface area contributed by atoms with E-state index >= 15 is 0 Å². The number of nitrogens with zero attached hydrogens (tertiary/aromatic N) is 2. The predicted molar refractivity (Wildman–Crippen MR) is 59.9 cm³/mol. The molecule has 5 heteroatoms. The first-order valence-corrected chi connectivity index (χ1v) is 4.83. The van der Waals surface area contributed by atoms with Crippen molar-refractivity contribution in [2.45, 2.75) is 13.8 Å². The number of aromatic amines is 1. The van der Waals surface area contributed by atoms with Gasteiger partial charge in [-0.15, -0.1) is 0 Å². The summed E-state index contributed by atoms with van der Waals surface area (Å²) in [4.78, 5) is 24.5. The van der Waals surface area contributed by atoms with Crippen molar-refractivity contribution in [2.75, 3.05) is 0 Å². The van der Waals surface area contributed by atoms with Crippen LogP contribution in [0.1, 0.15) is 11.1 Å². The van der Waals surface area contributed by atoms with Gasteiger partial charge in [0, 0.05) is 0 Å². The maximum absolute atomic E-state index is 11.5. The fourth-order valence-corrected chi connectivity index (χ4v) is 1.61. The van der Waals surface area contributed by atoms with E-state index in [0.717, 1.165) is 17.3 Å². The van der Waals surface area contributed by atoms with Gasteiger partial charge in [0.15, 0.2) is 0 Å². The van der Waals surface area contributed by atoms with Crippen LogP contribution in [0.3, 0.4) is 0 Å². The molecule has 0 spiro atoms. The molecule has 1 aromatic heterocycles. The third kappa shape index (κ3) is 1.93. The highest BCUT2D eigenvalue weighted by Gasteiger charge is 2.02. The number of rotatable bonds is 1. The van der Waals surface area contributed by atoms with Crippen molar-refractivity contribution in [1.29, 1.82) is 0 Å². The number of aromatic nitrogens is 3. The van der Waals surface area contributed by atoms with E-state index in [2.05, 4.69) is 10.1 Å². The Balaban J connectivity index is 2.67. The normalized spacial score (nSPS) is 10.4. The summed E-state index contributed by atoms with van der Waals surface area (Å²) in [5.74, 6) is 0. The first-order valence-electron chi connectivity index (χ1n) is 4.83. The van der Waals surface area contributed by atoms with Gasteiger partial charge in [-0.1, -0.05) is 6.07 Å². The molecule has 0 bridgehead atoms. The van der Waals surface area contributed by atoms with Gasteiger partial charge >= 0.3 is 5.69 Å². The summed E-state index contributed by atoms with van der Waals surface area (Å²) in [6, 6.07) is 5.67. The summed E-state index contributed by atoms with van der Waals surface area (Å²) < 4.78 is 1.17. The summed E-state index contributed by atoms with van der Waals surface area (Å²) in [6.45, 7) is 3.88. The van der Waals surface area contributed by atoms with Crippen LogP contribution in [0.15, 0.2) is 34.0 Å². The molecule has 82 valence electrons. The molecule has 0 atom stereocenters. The van der Waals surface area contributed by atoms with E-state index in [1.165, 1.54) is 4.68 Å². The van der Waals surface area contributed by atoms with E-state index in [4.69, 9.17) is 0 Å². The standard InChI is InChI=1S/C11H11N3O2/c1-7-3-8(2)5-9(4-7)14-11(16)13-10(15)6-12-14/h3-6H,1-2H3,(H,13,15,16). The molecule has 5 nitrogen and oxygen atoms in total. The van der Waals surface area contributed by atoms with Gasteiger partial charge in [0.25, 0.3) is 5.56 Å². The molecule has 0 fully saturated rings. The third-order valence-electron chi connectivity index (χ3n) is 2.16. The van der Waals surface area contributed by atoms with Crippen LogP contribution in [0.2, 0.25) is 0 Å². The van der Waals surface area contributed by atoms with Crippen molar-refractivity contribution in [3.63, 3.8) is 0 Å². The van der Waals surface area contributed by atoms with Crippen LogP contribution in [-0.4, -0.2) is 14.8 Å².